The van der Waals surface area contributed by atoms with Crippen molar-refractivity contribution in [1.29, 1.82) is 0 Å². The zero-order chi connectivity index (χ0) is 12.7. The Bertz CT molecular complexity index is 338. The topological polar surface area (TPSA) is 77.1 Å². The van der Waals surface area contributed by atoms with Gasteiger partial charge >= 0.3 is 0 Å². The first-order valence-electron chi connectivity index (χ1n) is 5.37. The van der Waals surface area contributed by atoms with E-state index in [9.17, 15) is 5.11 Å². The van der Waals surface area contributed by atoms with Crippen molar-refractivity contribution in [2.75, 3.05) is 13.2 Å². The fourth-order valence-corrected chi connectivity index (χ4v) is 1.66. The highest BCUT2D eigenvalue weighted by molar-refractivity contribution is 7.08. The van der Waals surface area contributed by atoms with Crippen molar-refractivity contribution in [3.63, 3.8) is 0 Å². The molecule has 1 unspecified atom stereocenters. The SMILES string of the molecule is CC(C)OCC(O)CO/N=C(/N)c1ccsc1. The Labute approximate surface area is 105 Å². The third-order valence-corrected chi connectivity index (χ3v) is 2.55. The van der Waals surface area contributed by atoms with E-state index < -0.39 is 6.10 Å². The van der Waals surface area contributed by atoms with Gasteiger partial charge in [0, 0.05) is 10.9 Å². The summed E-state index contributed by atoms with van der Waals surface area (Å²) in [4.78, 5) is 4.95. The minimum absolute atomic E-state index is 0.0670. The first-order chi connectivity index (χ1) is 8.09. The molecule has 0 aliphatic rings. The monoisotopic (exact) mass is 258 g/mol. The summed E-state index contributed by atoms with van der Waals surface area (Å²) in [7, 11) is 0. The van der Waals surface area contributed by atoms with Gasteiger partial charge in [-0.05, 0) is 25.3 Å². The molecule has 0 bridgehead atoms. The molecule has 17 heavy (non-hydrogen) atoms. The molecule has 0 amide bonds. The lowest BCUT2D eigenvalue weighted by atomic mass is 10.3. The van der Waals surface area contributed by atoms with E-state index in [-0.39, 0.29) is 19.3 Å². The van der Waals surface area contributed by atoms with Crippen molar-refractivity contribution in [2.45, 2.75) is 26.1 Å². The summed E-state index contributed by atoms with van der Waals surface area (Å²) in [5.74, 6) is 0.309. The predicted octanol–water partition coefficient (Wildman–Crippen LogP) is 1.17. The van der Waals surface area contributed by atoms with Gasteiger partial charge in [0.1, 0.15) is 12.7 Å². The summed E-state index contributed by atoms with van der Waals surface area (Å²) >= 11 is 1.53. The molecule has 0 saturated carbocycles. The zero-order valence-electron chi connectivity index (χ0n) is 10.00. The molecule has 1 aromatic rings. The summed E-state index contributed by atoms with van der Waals surface area (Å²) in [6, 6.07) is 1.85. The molecule has 0 saturated heterocycles. The van der Waals surface area contributed by atoms with Gasteiger partial charge in [0.05, 0.1) is 12.7 Å². The number of hydrogen-bond acceptors (Lipinski definition) is 5. The number of nitrogens with zero attached hydrogens (tertiary/aromatic N) is 1. The van der Waals surface area contributed by atoms with Crippen LogP contribution in [0.2, 0.25) is 0 Å². The van der Waals surface area contributed by atoms with Crippen LogP contribution in [0.15, 0.2) is 22.0 Å². The van der Waals surface area contributed by atoms with E-state index in [0.29, 0.717) is 5.84 Å². The minimum atomic E-state index is -0.698. The summed E-state index contributed by atoms with van der Waals surface area (Å²) < 4.78 is 5.23. The highest BCUT2D eigenvalue weighted by atomic mass is 32.1. The maximum atomic E-state index is 9.48. The van der Waals surface area contributed by atoms with Crippen molar-refractivity contribution in [3.05, 3.63) is 22.4 Å². The molecule has 0 aliphatic heterocycles. The van der Waals surface area contributed by atoms with Gasteiger partial charge in [-0.1, -0.05) is 5.16 Å². The maximum absolute atomic E-state index is 9.48. The molecule has 96 valence electrons. The number of aliphatic hydroxyl groups is 1. The molecule has 0 aliphatic carbocycles. The van der Waals surface area contributed by atoms with Crippen LogP contribution in [0.4, 0.5) is 0 Å². The highest BCUT2D eigenvalue weighted by Crippen LogP contribution is 2.05. The Kier molecular flexibility index (Phi) is 5.96. The van der Waals surface area contributed by atoms with Crippen molar-refractivity contribution in [2.24, 2.45) is 10.9 Å². The number of oxime groups is 1. The second-order valence-corrected chi connectivity index (χ2v) is 4.60. The Hall–Kier alpha value is -1.11. The molecule has 1 heterocycles. The Morgan fingerprint density at radius 1 is 1.53 bits per heavy atom. The van der Waals surface area contributed by atoms with Crippen LogP contribution in [0.25, 0.3) is 0 Å². The lowest BCUT2D eigenvalue weighted by Crippen LogP contribution is -2.23. The minimum Gasteiger partial charge on any atom is -0.391 e. The van der Waals surface area contributed by atoms with Crippen LogP contribution < -0.4 is 5.73 Å². The molecule has 1 rings (SSSR count). The molecule has 0 aromatic carbocycles. The third kappa shape index (κ3) is 5.67. The highest BCUT2D eigenvalue weighted by Gasteiger charge is 2.06. The van der Waals surface area contributed by atoms with Gasteiger partial charge in [0.2, 0.25) is 0 Å². The number of hydrogen-bond donors (Lipinski definition) is 2. The van der Waals surface area contributed by atoms with Crippen molar-refractivity contribution in [3.8, 4) is 0 Å². The molecule has 0 radical (unpaired) electrons. The first-order valence-corrected chi connectivity index (χ1v) is 6.31. The average molecular weight is 258 g/mol. The van der Waals surface area contributed by atoms with Crippen LogP contribution in [0.1, 0.15) is 19.4 Å². The maximum Gasteiger partial charge on any atom is 0.171 e. The molecule has 1 aromatic heterocycles. The van der Waals surface area contributed by atoms with Gasteiger partial charge in [0.25, 0.3) is 0 Å². The molecule has 6 heteroatoms. The molecule has 0 spiro atoms. The van der Waals surface area contributed by atoms with Gasteiger partial charge in [-0.15, -0.1) is 0 Å². The van der Waals surface area contributed by atoms with Gasteiger partial charge in [0.15, 0.2) is 5.84 Å². The van der Waals surface area contributed by atoms with Crippen LogP contribution in [-0.4, -0.2) is 36.4 Å². The second kappa shape index (κ2) is 7.26. The largest absolute Gasteiger partial charge is 0.391 e. The Morgan fingerprint density at radius 3 is 2.88 bits per heavy atom. The van der Waals surface area contributed by atoms with E-state index in [4.69, 9.17) is 15.3 Å². The van der Waals surface area contributed by atoms with E-state index >= 15 is 0 Å². The van der Waals surface area contributed by atoms with E-state index in [1.165, 1.54) is 11.3 Å². The van der Waals surface area contributed by atoms with E-state index in [0.717, 1.165) is 5.56 Å². The molecular formula is C11H18N2O3S. The number of rotatable bonds is 7. The fraction of sp³-hybridized carbons (Fsp3) is 0.545. The number of nitrogens with two attached hydrogens (primary N) is 1. The predicted molar refractivity (Wildman–Crippen MR) is 68.1 cm³/mol. The van der Waals surface area contributed by atoms with Gasteiger partial charge < -0.3 is 20.4 Å². The summed E-state index contributed by atoms with van der Waals surface area (Å²) in [6.07, 6.45) is -0.611. The van der Waals surface area contributed by atoms with Crippen LogP contribution >= 0.6 is 11.3 Å². The molecule has 1 atom stereocenters. The standard InChI is InChI=1S/C11H18N2O3S/c1-8(2)15-5-10(14)6-16-13-11(12)9-3-4-17-7-9/h3-4,7-8,10,14H,5-6H2,1-2H3,(H2,12,13). The normalized spacial score (nSPS) is 14.0. The first kappa shape index (κ1) is 14.0. The van der Waals surface area contributed by atoms with Crippen LogP contribution in [0.3, 0.4) is 0 Å². The van der Waals surface area contributed by atoms with E-state index in [2.05, 4.69) is 5.16 Å². The third-order valence-electron chi connectivity index (χ3n) is 1.87. The molecule has 5 nitrogen and oxygen atoms in total. The molecule has 3 N–H and O–H groups in total. The fourth-order valence-electron chi connectivity index (χ4n) is 1.01. The van der Waals surface area contributed by atoms with Crippen LogP contribution in [-0.2, 0) is 9.57 Å². The Balaban J connectivity index is 2.24. The van der Waals surface area contributed by atoms with Gasteiger partial charge in [-0.3, -0.25) is 0 Å². The summed E-state index contributed by atoms with van der Waals surface area (Å²) in [5, 5.41) is 17.0. The summed E-state index contributed by atoms with van der Waals surface area (Å²) in [5.41, 5.74) is 6.49. The zero-order valence-corrected chi connectivity index (χ0v) is 10.8. The lowest BCUT2D eigenvalue weighted by Gasteiger charge is -2.12. The van der Waals surface area contributed by atoms with Crippen molar-refractivity contribution >= 4 is 17.2 Å². The second-order valence-electron chi connectivity index (χ2n) is 3.82. The number of aliphatic hydroxyl groups excluding tert-OH is 1. The van der Waals surface area contributed by atoms with Gasteiger partial charge in [-0.2, -0.15) is 11.3 Å². The summed E-state index contributed by atoms with van der Waals surface area (Å²) in [6.45, 7) is 4.10. The average Bonchev–Trinajstić information content (AvgIpc) is 2.79. The van der Waals surface area contributed by atoms with Crippen molar-refractivity contribution < 1.29 is 14.7 Å². The van der Waals surface area contributed by atoms with Gasteiger partial charge in [-0.25, -0.2) is 0 Å². The van der Waals surface area contributed by atoms with E-state index in [1.54, 1.807) is 0 Å². The molecular weight excluding hydrogens is 240 g/mol. The quantitative estimate of drug-likeness (QED) is 0.437. The van der Waals surface area contributed by atoms with E-state index in [1.807, 2.05) is 30.7 Å². The number of ether oxygens (including phenoxy) is 1. The van der Waals surface area contributed by atoms with Crippen LogP contribution in [0.5, 0.6) is 0 Å². The number of thiophene rings is 1. The smallest absolute Gasteiger partial charge is 0.171 e. The number of amidine groups is 1. The van der Waals surface area contributed by atoms with Crippen LogP contribution in [0, 0.1) is 0 Å². The lowest BCUT2D eigenvalue weighted by molar-refractivity contribution is -0.0346. The molecule has 0 fully saturated rings. The Morgan fingerprint density at radius 2 is 2.29 bits per heavy atom. The van der Waals surface area contributed by atoms with Crippen molar-refractivity contribution in [1.82, 2.24) is 0 Å².